The van der Waals surface area contributed by atoms with E-state index in [9.17, 15) is 9.90 Å². The van der Waals surface area contributed by atoms with Crippen molar-refractivity contribution in [1.29, 1.82) is 0 Å². The summed E-state index contributed by atoms with van der Waals surface area (Å²) in [5.41, 5.74) is -0.990. The van der Waals surface area contributed by atoms with Crippen molar-refractivity contribution in [3.05, 3.63) is 0 Å². The third kappa shape index (κ3) is 2.55. The van der Waals surface area contributed by atoms with Gasteiger partial charge in [0.2, 0.25) is 0 Å². The Balaban J connectivity index is 4.38. The number of carbonyl (C=O) groups excluding carboxylic acids is 1. The standard InChI is InChI=1S/C8H16O4/c1-6(10)7(11)8(2,12-3)4-5-9/h5-7,10-11H,4H2,1-3H3/t6?,7-,8+/m0/s1. The molecule has 0 saturated heterocycles. The number of hydrogen-bond acceptors (Lipinski definition) is 4. The summed E-state index contributed by atoms with van der Waals surface area (Å²) in [5, 5.41) is 18.5. The molecule has 0 spiro atoms. The first-order valence-corrected chi connectivity index (χ1v) is 3.83. The molecule has 4 nitrogen and oxygen atoms in total. The molecule has 0 aromatic rings. The molecule has 0 aromatic carbocycles. The average Bonchev–Trinajstić information content (AvgIpc) is 2.03. The molecule has 72 valence electrons. The predicted octanol–water partition coefficient (Wildman–Crippen LogP) is -0.278. The van der Waals surface area contributed by atoms with Crippen molar-refractivity contribution in [2.24, 2.45) is 0 Å². The molecular weight excluding hydrogens is 160 g/mol. The molecule has 0 bridgehead atoms. The van der Waals surface area contributed by atoms with E-state index in [4.69, 9.17) is 9.84 Å². The Kier molecular flexibility index (Phi) is 4.37. The van der Waals surface area contributed by atoms with Crippen molar-refractivity contribution in [1.82, 2.24) is 0 Å². The summed E-state index contributed by atoms with van der Waals surface area (Å²) in [5.74, 6) is 0. The van der Waals surface area contributed by atoms with Crippen LogP contribution in [-0.4, -0.2) is 41.4 Å². The zero-order chi connectivity index (χ0) is 9.78. The van der Waals surface area contributed by atoms with Gasteiger partial charge in [0.05, 0.1) is 11.7 Å². The highest BCUT2D eigenvalue weighted by molar-refractivity contribution is 5.51. The van der Waals surface area contributed by atoms with Gasteiger partial charge < -0.3 is 19.7 Å². The molecule has 0 radical (unpaired) electrons. The summed E-state index contributed by atoms with van der Waals surface area (Å²) >= 11 is 0. The number of aliphatic hydroxyl groups excluding tert-OH is 2. The van der Waals surface area contributed by atoms with Crippen molar-refractivity contribution in [3.63, 3.8) is 0 Å². The number of carbonyl (C=O) groups is 1. The second kappa shape index (κ2) is 4.54. The molecular formula is C8H16O4. The van der Waals surface area contributed by atoms with Crippen LogP contribution in [0.15, 0.2) is 0 Å². The molecule has 0 aliphatic rings. The Morgan fingerprint density at radius 2 is 2.08 bits per heavy atom. The maximum Gasteiger partial charge on any atom is 0.122 e. The summed E-state index contributed by atoms with van der Waals surface area (Å²) < 4.78 is 4.96. The maximum absolute atomic E-state index is 10.2. The van der Waals surface area contributed by atoms with Gasteiger partial charge >= 0.3 is 0 Å². The average molecular weight is 176 g/mol. The first kappa shape index (κ1) is 11.6. The molecule has 2 N–H and O–H groups in total. The first-order chi connectivity index (χ1) is 5.48. The molecule has 0 heterocycles. The largest absolute Gasteiger partial charge is 0.391 e. The highest BCUT2D eigenvalue weighted by Crippen LogP contribution is 2.20. The number of hydrogen-bond donors (Lipinski definition) is 2. The quantitative estimate of drug-likeness (QED) is 0.565. The Morgan fingerprint density at radius 3 is 2.33 bits per heavy atom. The van der Waals surface area contributed by atoms with Crippen LogP contribution >= 0.6 is 0 Å². The number of ether oxygens (including phenoxy) is 1. The molecule has 0 rings (SSSR count). The smallest absolute Gasteiger partial charge is 0.122 e. The fourth-order valence-corrected chi connectivity index (χ4v) is 1.00. The van der Waals surface area contributed by atoms with Crippen LogP contribution in [0.1, 0.15) is 20.3 Å². The van der Waals surface area contributed by atoms with Gasteiger partial charge in [-0.1, -0.05) is 0 Å². The van der Waals surface area contributed by atoms with Crippen molar-refractivity contribution >= 4 is 6.29 Å². The van der Waals surface area contributed by atoms with E-state index >= 15 is 0 Å². The summed E-state index contributed by atoms with van der Waals surface area (Å²) in [4.78, 5) is 10.2. The van der Waals surface area contributed by atoms with Crippen LogP contribution in [0.3, 0.4) is 0 Å². The van der Waals surface area contributed by atoms with Gasteiger partial charge in [-0.05, 0) is 13.8 Å². The summed E-state index contributed by atoms with van der Waals surface area (Å²) in [6.45, 7) is 3.03. The minimum atomic E-state index is -1.05. The van der Waals surface area contributed by atoms with Crippen LogP contribution in [0.2, 0.25) is 0 Å². The van der Waals surface area contributed by atoms with Gasteiger partial charge in [-0.3, -0.25) is 0 Å². The van der Waals surface area contributed by atoms with Gasteiger partial charge in [-0.2, -0.15) is 0 Å². The van der Waals surface area contributed by atoms with E-state index in [0.717, 1.165) is 0 Å². The minimum absolute atomic E-state index is 0.0650. The van der Waals surface area contributed by atoms with Crippen LogP contribution in [0, 0.1) is 0 Å². The van der Waals surface area contributed by atoms with Crippen molar-refractivity contribution in [2.45, 2.75) is 38.1 Å². The predicted molar refractivity (Wildman–Crippen MR) is 43.8 cm³/mol. The highest BCUT2D eigenvalue weighted by Gasteiger charge is 2.35. The van der Waals surface area contributed by atoms with Gasteiger partial charge in [-0.25, -0.2) is 0 Å². The lowest BCUT2D eigenvalue weighted by atomic mass is 9.92. The Labute approximate surface area is 72.2 Å². The van der Waals surface area contributed by atoms with Gasteiger partial charge in [0.25, 0.3) is 0 Å². The van der Waals surface area contributed by atoms with Crippen LogP contribution in [-0.2, 0) is 9.53 Å². The zero-order valence-electron chi connectivity index (χ0n) is 7.65. The van der Waals surface area contributed by atoms with Gasteiger partial charge in [0.1, 0.15) is 12.4 Å². The second-order valence-electron chi connectivity index (χ2n) is 3.07. The SMILES string of the molecule is CO[C@](C)(CC=O)[C@@H](O)C(C)O. The fraction of sp³-hybridized carbons (Fsp3) is 0.875. The van der Waals surface area contributed by atoms with E-state index in [1.54, 1.807) is 6.92 Å². The van der Waals surface area contributed by atoms with Crippen LogP contribution in [0.5, 0.6) is 0 Å². The van der Waals surface area contributed by atoms with E-state index < -0.39 is 17.8 Å². The van der Waals surface area contributed by atoms with Crippen molar-refractivity contribution < 1.29 is 19.7 Å². The topological polar surface area (TPSA) is 66.8 Å². The van der Waals surface area contributed by atoms with E-state index in [-0.39, 0.29) is 6.42 Å². The fourth-order valence-electron chi connectivity index (χ4n) is 1.00. The molecule has 3 atom stereocenters. The van der Waals surface area contributed by atoms with Gasteiger partial charge in [0, 0.05) is 13.5 Å². The lowest BCUT2D eigenvalue weighted by Crippen LogP contribution is -2.47. The number of aldehydes is 1. The molecule has 0 fully saturated rings. The van der Waals surface area contributed by atoms with Crippen LogP contribution < -0.4 is 0 Å². The normalized spacial score (nSPS) is 21.1. The molecule has 4 heteroatoms. The molecule has 0 aliphatic carbocycles. The van der Waals surface area contributed by atoms with Gasteiger partial charge in [0.15, 0.2) is 0 Å². The van der Waals surface area contributed by atoms with E-state index in [1.807, 2.05) is 0 Å². The maximum atomic E-state index is 10.2. The second-order valence-corrected chi connectivity index (χ2v) is 3.07. The summed E-state index contributed by atoms with van der Waals surface area (Å²) in [7, 11) is 1.40. The molecule has 0 amide bonds. The molecule has 0 aromatic heterocycles. The summed E-state index contributed by atoms with van der Waals surface area (Å²) in [6.07, 6.45) is -1.23. The van der Waals surface area contributed by atoms with E-state index in [0.29, 0.717) is 6.29 Å². The van der Waals surface area contributed by atoms with Crippen molar-refractivity contribution in [3.8, 4) is 0 Å². The van der Waals surface area contributed by atoms with Crippen molar-refractivity contribution in [2.75, 3.05) is 7.11 Å². The molecule has 12 heavy (non-hydrogen) atoms. The zero-order valence-corrected chi connectivity index (χ0v) is 7.65. The third-order valence-electron chi connectivity index (χ3n) is 2.04. The first-order valence-electron chi connectivity index (χ1n) is 3.83. The van der Waals surface area contributed by atoms with E-state index in [2.05, 4.69) is 0 Å². The van der Waals surface area contributed by atoms with Gasteiger partial charge in [-0.15, -0.1) is 0 Å². The highest BCUT2D eigenvalue weighted by atomic mass is 16.5. The monoisotopic (exact) mass is 176 g/mol. The Bertz CT molecular complexity index is 146. The lowest BCUT2D eigenvalue weighted by Gasteiger charge is -2.33. The number of methoxy groups -OCH3 is 1. The van der Waals surface area contributed by atoms with Crippen LogP contribution in [0.4, 0.5) is 0 Å². The number of aliphatic hydroxyl groups is 2. The molecule has 0 saturated carbocycles. The molecule has 1 unspecified atom stereocenters. The lowest BCUT2D eigenvalue weighted by molar-refractivity contribution is -0.141. The van der Waals surface area contributed by atoms with Crippen LogP contribution in [0.25, 0.3) is 0 Å². The summed E-state index contributed by atoms with van der Waals surface area (Å²) in [6, 6.07) is 0. The Morgan fingerprint density at radius 1 is 1.58 bits per heavy atom. The third-order valence-corrected chi connectivity index (χ3v) is 2.04. The molecule has 0 aliphatic heterocycles. The number of rotatable bonds is 5. The Hall–Kier alpha value is -0.450. The van der Waals surface area contributed by atoms with E-state index in [1.165, 1.54) is 14.0 Å². The minimum Gasteiger partial charge on any atom is -0.391 e.